The second-order valence-corrected chi connectivity index (χ2v) is 6.95. The number of alkyl halides is 3. The minimum Gasteiger partial charge on any atom is -0.457 e. The van der Waals surface area contributed by atoms with Gasteiger partial charge in [0.05, 0.1) is 6.20 Å². The van der Waals surface area contributed by atoms with Crippen LogP contribution in [-0.4, -0.2) is 40.2 Å². The van der Waals surface area contributed by atoms with Crippen LogP contribution in [0.25, 0.3) is 0 Å². The SMILES string of the molecule is CCN(CC(F)(F)F)C(=N)OCc1ncc(C#N)c(Nc2ccc(Oc3ccccc3)cc2)n1. The van der Waals surface area contributed by atoms with Crippen molar-refractivity contribution in [1.82, 2.24) is 14.9 Å². The van der Waals surface area contributed by atoms with Crippen LogP contribution in [0.2, 0.25) is 0 Å². The molecule has 3 rings (SSSR count). The zero-order valence-electron chi connectivity index (χ0n) is 18.1. The third-order valence-electron chi connectivity index (χ3n) is 4.43. The molecule has 0 unspecified atom stereocenters. The third-order valence-corrected chi connectivity index (χ3v) is 4.43. The normalized spacial score (nSPS) is 10.8. The van der Waals surface area contributed by atoms with Crippen LogP contribution in [0.1, 0.15) is 18.3 Å². The van der Waals surface area contributed by atoms with Gasteiger partial charge in [0.25, 0.3) is 6.02 Å². The van der Waals surface area contributed by atoms with Crippen molar-refractivity contribution in [3.8, 4) is 17.6 Å². The number of benzene rings is 2. The number of rotatable bonds is 8. The van der Waals surface area contributed by atoms with E-state index in [1.54, 1.807) is 24.3 Å². The molecule has 2 aromatic carbocycles. The number of nitrogens with zero attached hydrogens (tertiary/aromatic N) is 4. The molecular weight excluding hydrogens is 449 g/mol. The summed E-state index contributed by atoms with van der Waals surface area (Å²) >= 11 is 0. The van der Waals surface area contributed by atoms with Crippen LogP contribution in [0.4, 0.5) is 24.7 Å². The van der Waals surface area contributed by atoms with E-state index in [2.05, 4.69) is 15.3 Å². The molecule has 2 N–H and O–H groups in total. The molecule has 0 fully saturated rings. The molecule has 34 heavy (non-hydrogen) atoms. The van der Waals surface area contributed by atoms with E-state index in [0.717, 1.165) is 4.90 Å². The van der Waals surface area contributed by atoms with Gasteiger partial charge in [0.2, 0.25) is 0 Å². The minimum atomic E-state index is -4.46. The van der Waals surface area contributed by atoms with E-state index < -0.39 is 18.7 Å². The molecule has 0 amide bonds. The number of halogens is 3. The Bertz CT molecular complexity index is 1150. The summed E-state index contributed by atoms with van der Waals surface area (Å²) in [6.45, 7) is -0.200. The molecule has 0 aliphatic rings. The topological polar surface area (TPSA) is 107 Å². The average molecular weight is 470 g/mol. The van der Waals surface area contributed by atoms with Gasteiger partial charge in [-0.3, -0.25) is 5.41 Å². The van der Waals surface area contributed by atoms with Crippen LogP contribution in [-0.2, 0) is 11.3 Å². The molecule has 1 aromatic heterocycles. The molecule has 0 bridgehead atoms. The van der Waals surface area contributed by atoms with E-state index >= 15 is 0 Å². The molecule has 8 nitrogen and oxygen atoms in total. The minimum absolute atomic E-state index is 0.0522. The molecule has 0 spiro atoms. The van der Waals surface area contributed by atoms with Gasteiger partial charge in [-0.05, 0) is 43.3 Å². The fourth-order valence-electron chi connectivity index (χ4n) is 2.80. The number of para-hydroxylation sites is 1. The van der Waals surface area contributed by atoms with E-state index in [9.17, 15) is 18.4 Å². The second kappa shape index (κ2) is 11.0. The van der Waals surface area contributed by atoms with Crippen molar-refractivity contribution in [2.75, 3.05) is 18.4 Å². The first-order valence-electron chi connectivity index (χ1n) is 10.2. The monoisotopic (exact) mass is 470 g/mol. The van der Waals surface area contributed by atoms with Crippen molar-refractivity contribution in [2.45, 2.75) is 19.7 Å². The lowest BCUT2D eigenvalue weighted by Crippen LogP contribution is -2.39. The highest BCUT2D eigenvalue weighted by atomic mass is 19.4. The van der Waals surface area contributed by atoms with E-state index in [0.29, 0.717) is 17.2 Å². The summed E-state index contributed by atoms with van der Waals surface area (Å²) in [4.78, 5) is 8.95. The smallest absolute Gasteiger partial charge is 0.406 e. The molecule has 0 atom stereocenters. The fraction of sp³-hybridized carbons (Fsp3) is 0.217. The maximum Gasteiger partial charge on any atom is 0.406 e. The van der Waals surface area contributed by atoms with Gasteiger partial charge in [0.1, 0.15) is 29.7 Å². The van der Waals surface area contributed by atoms with Crippen molar-refractivity contribution in [1.29, 1.82) is 10.7 Å². The fourth-order valence-corrected chi connectivity index (χ4v) is 2.80. The van der Waals surface area contributed by atoms with E-state index in [-0.39, 0.29) is 30.4 Å². The highest BCUT2D eigenvalue weighted by molar-refractivity contribution is 5.70. The maximum atomic E-state index is 12.6. The zero-order valence-corrected chi connectivity index (χ0v) is 18.1. The summed E-state index contributed by atoms with van der Waals surface area (Å²) in [7, 11) is 0. The van der Waals surface area contributed by atoms with Crippen LogP contribution in [0.15, 0.2) is 60.8 Å². The highest BCUT2D eigenvalue weighted by Gasteiger charge is 2.31. The average Bonchev–Trinajstić information content (AvgIpc) is 2.82. The Morgan fingerprint density at radius 3 is 2.41 bits per heavy atom. The summed E-state index contributed by atoms with van der Waals surface area (Å²) in [5.74, 6) is 1.60. The molecule has 176 valence electrons. The van der Waals surface area contributed by atoms with Crippen molar-refractivity contribution >= 4 is 17.5 Å². The van der Waals surface area contributed by atoms with Gasteiger partial charge in [-0.15, -0.1) is 0 Å². The van der Waals surface area contributed by atoms with Crippen molar-refractivity contribution < 1.29 is 22.6 Å². The lowest BCUT2D eigenvalue weighted by atomic mass is 10.2. The van der Waals surface area contributed by atoms with Crippen LogP contribution in [0.3, 0.4) is 0 Å². The first-order chi connectivity index (χ1) is 16.3. The largest absolute Gasteiger partial charge is 0.457 e. The lowest BCUT2D eigenvalue weighted by molar-refractivity contribution is -0.139. The lowest BCUT2D eigenvalue weighted by Gasteiger charge is -2.23. The molecule has 0 aliphatic carbocycles. The van der Waals surface area contributed by atoms with Gasteiger partial charge >= 0.3 is 6.18 Å². The maximum absolute atomic E-state index is 12.6. The van der Waals surface area contributed by atoms with Gasteiger partial charge in [-0.1, -0.05) is 18.2 Å². The van der Waals surface area contributed by atoms with Gasteiger partial charge in [0.15, 0.2) is 18.2 Å². The predicted molar refractivity (Wildman–Crippen MR) is 119 cm³/mol. The van der Waals surface area contributed by atoms with E-state index in [1.807, 2.05) is 36.4 Å². The highest BCUT2D eigenvalue weighted by Crippen LogP contribution is 2.25. The number of nitrogens with one attached hydrogen (secondary N) is 2. The first-order valence-corrected chi connectivity index (χ1v) is 10.2. The predicted octanol–water partition coefficient (Wildman–Crippen LogP) is 5.22. The van der Waals surface area contributed by atoms with Crippen molar-refractivity contribution in [3.05, 3.63) is 72.2 Å². The molecule has 0 radical (unpaired) electrons. The quantitative estimate of drug-likeness (QED) is 0.343. The standard InChI is InChI=1S/C23H21F3N6O2/c1-2-32(15-23(24,25)26)22(28)33-14-20-29-13-16(12-27)21(31-20)30-17-8-10-19(11-9-17)34-18-6-4-3-5-7-18/h3-11,13,28H,2,14-15H2,1H3,(H,29,30,31). The Kier molecular flexibility index (Phi) is 7.87. The number of hydrogen-bond acceptors (Lipinski definition) is 7. The molecule has 3 aromatic rings. The second-order valence-electron chi connectivity index (χ2n) is 6.95. The summed E-state index contributed by atoms with van der Waals surface area (Å²) in [6.07, 6.45) is -3.19. The summed E-state index contributed by atoms with van der Waals surface area (Å²) in [6, 6.07) is 17.6. The van der Waals surface area contributed by atoms with Crippen LogP contribution in [0, 0.1) is 16.7 Å². The van der Waals surface area contributed by atoms with Crippen molar-refractivity contribution in [2.24, 2.45) is 0 Å². The zero-order chi connectivity index (χ0) is 24.6. The molecular formula is C23H21F3N6O2. The Morgan fingerprint density at radius 2 is 1.79 bits per heavy atom. The Morgan fingerprint density at radius 1 is 1.12 bits per heavy atom. The van der Waals surface area contributed by atoms with Gasteiger partial charge < -0.3 is 19.7 Å². The molecule has 0 saturated heterocycles. The number of amidine groups is 1. The van der Waals surface area contributed by atoms with Gasteiger partial charge in [-0.2, -0.15) is 18.4 Å². The Balaban J connectivity index is 1.66. The van der Waals surface area contributed by atoms with Gasteiger partial charge in [0, 0.05) is 12.2 Å². The van der Waals surface area contributed by atoms with Crippen LogP contribution in [0.5, 0.6) is 11.5 Å². The third kappa shape index (κ3) is 7.09. The molecule has 1 heterocycles. The number of anilines is 2. The van der Waals surface area contributed by atoms with Crippen LogP contribution >= 0.6 is 0 Å². The number of aromatic nitrogens is 2. The van der Waals surface area contributed by atoms with E-state index in [4.69, 9.17) is 14.9 Å². The first kappa shape index (κ1) is 24.3. The Hall–Kier alpha value is -4.33. The summed E-state index contributed by atoms with van der Waals surface area (Å²) in [5, 5.41) is 20.1. The number of ether oxygens (including phenoxy) is 2. The molecule has 11 heteroatoms. The summed E-state index contributed by atoms with van der Waals surface area (Å²) in [5.41, 5.74) is 0.785. The van der Waals surface area contributed by atoms with Crippen molar-refractivity contribution in [3.63, 3.8) is 0 Å². The van der Waals surface area contributed by atoms with Gasteiger partial charge in [-0.25, -0.2) is 9.97 Å². The summed E-state index contributed by atoms with van der Waals surface area (Å²) < 4.78 is 48.8. The molecule has 0 saturated carbocycles. The van der Waals surface area contributed by atoms with E-state index in [1.165, 1.54) is 13.1 Å². The van der Waals surface area contributed by atoms with Crippen LogP contribution < -0.4 is 10.1 Å². The molecule has 0 aliphatic heterocycles. The Labute approximate surface area is 194 Å². The number of hydrogen-bond donors (Lipinski definition) is 2. The number of nitriles is 1.